The second-order valence-electron chi connectivity index (χ2n) is 5.21. The first-order valence-corrected chi connectivity index (χ1v) is 8.10. The molecule has 3 unspecified atom stereocenters. The number of halogens is 1. The van der Waals surface area contributed by atoms with Crippen molar-refractivity contribution < 1.29 is 13.5 Å². The smallest absolute Gasteiger partial charge is 0.244 e. The van der Waals surface area contributed by atoms with Gasteiger partial charge < -0.3 is 5.11 Å². The normalized spacial score (nSPS) is 31.6. The molecular weight excluding hydrogens is 288 g/mol. The van der Waals surface area contributed by atoms with Gasteiger partial charge in [0, 0.05) is 25.2 Å². The van der Waals surface area contributed by atoms with Gasteiger partial charge in [-0.3, -0.25) is 0 Å². The van der Waals surface area contributed by atoms with Crippen molar-refractivity contribution in [1.82, 2.24) is 9.29 Å². The molecule has 1 saturated heterocycles. The van der Waals surface area contributed by atoms with Gasteiger partial charge in [-0.05, 0) is 30.9 Å². The van der Waals surface area contributed by atoms with Crippen LogP contribution in [-0.2, 0) is 10.0 Å². The lowest BCUT2D eigenvalue weighted by atomic mass is 10.00. The van der Waals surface area contributed by atoms with E-state index >= 15 is 0 Å². The van der Waals surface area contributed by atoms with Gasteiger partial charge in [-0.1, -0.05) is 11.6 Å². The highest BCUT2D eigenvalue weighted by Gasteiger charge is 2.45. The van der Waals surface area contributed by atoms with Crippen LogP contribution in [0.3, 0.4) is 0 Å². The van der Waals surface area contributed by atoms with Gasteiger partial charge in [0.05, 0.1) is 6.10 Å². The summed E-state index contributed by atoms with van der Waals surface area (Å²) in [5, 5.41) is 10.1. The van der Waals surface area contributed by atoms with Gasteiger partial charge in [0.15, 0.2) is 0 Å². The number of sulfonamides is 1. The highest BCUT2D eigenvalue weighted by atomic mass is 35.5. The first-order chi connectivity index (χ1) is 8.98. The topological polar surface area (TPSA) is 70.5 Å². The number of aromatic nitrogens is 1. The van der Waals surface area contributed by atoms with Crippen molar-refractivity contribution in [2.45, 2.75) is 23.8 Å². The lowest BCUT2D eigenvalue weighted by Gasteiger charge is -2.18. The van der Waals surface area contributed by atoms with Crippen molar-refractivity contribution in [3.05, 3.63) is 23.5 Å². The zero-order valence-corrected chi connectivity index (χ0v) is 11.8. The van der Waals surface area contributed by atoms with Gasteiger partial charge in [-0.25, -0.2) is 13.4 Å². The Hall–Kier alpha value is -0.690. The zero-order chi connectivity index (χ0) is 13.6. The fourth-order valence-corrected chi connectivity index (χ4v) is 4.65. The quantitative estimate of drug-likeness (QED) is 0.831. The van der Waals surface area contributed by atoms with E-state index in [1.807, 2.05) is 0 Å². The first kappa shape index (κ1) is 13.3. The van der Waals surface area contributed by atoms with Crippen LogP contribution in [0.15, 0.2) is 23.2 Å². The van der Waals surface area contributed by atoms with Crippen molar-refractivity contribution in [1.29, 1.82) is 0 Å². The molecule has 2 fully saturated rings. The molecule has 0 radical (unpaired) electrons. The molecule has 1 saturated carbocycles. The van der Waals surface area contributed by atoms with Crippen LogP contribution in [0.25, 0.3) is 0 Å². The molecule has 1 aliphatic carbocycles. The van der Waals surface area contributed by atoms with E-state index in [9.17, 15) is 13.5 Å². The Kier molecular flexibility index (Phi) is 3.29. The van der Waals surface area contributed by atoms with Gasteiger partial charge in [0.25, 0.3) is 0 Å². The van der Waals surface area contributed by atoms with Crippen LogP contribution in [0.1, 0.15) is 12.8 Å². The van der Waals surface area contributed by atoms with Crippen LogP contribution in [0, 0.1) is 11.8 Å². The van der Waals surface area contributed by atoms with Crippen LogP contribution >= 0.6 is 11.6 Å². The van der Waals surface area contributed by atoms with Crippen molar-refractivity contribution in [2.75, 3.05) is 13.1 Å². The predicted molar refractivity (Wildman–Crippen MR) is 70.2 cm³/mol. The minimum absolute atomic E-state index is 0.0787. The number of nitrogens with zero attached hydrogens (tertiary/aromatic N) is 2. The third-order valence-corrected chi connectivity index (χ3v) is 6.16. The fraction of sp³-hybridized carbons (Fsp3) is 0.583. The maximum absolute atomic E-state index is 12.4. The molecule has 0 amide bonds. The van der Waals surface area contributed by atoms with Crippen LogP contribution in [0.5, 0.6) is 0 Å². The molecule has 2 heterocycles. The number of fused-ring (bicyclic) bond motifs is 1. The lowest BCUT2D eigenvalue weighted by molar-refractivity contribution is 0.129. The van der Waals surface area contributed by atoms with E-state index in [-0.39, 0.29) is 28.0 Å². The highest BCUT2D eigenvalue weighted by Crippen LogP contribution is 2.39. The van der Waals surface area contributed by atoms with Crippen molar-refractivity contribution in [3.8, 4) is 0 Å². The average molecular weight is 303 g/mol. The van der Waals surface area contributed by atoms with Gasteiger partial charge >= 0.3 is 0 Å². The molecule has 19 heavy (non-hydrogen) atoms. The summed E-state index contributed by atoms with van der Waals surface area (Å²) in [5.74, 6) is 0.361. The first-order valence-electron chi connectivity index (χ1n) is 6.28. The second kappa shape index (κ2) is 4.70. The molecule has 5 nitrogen and oxygen atoms in total. The van der Waals surface area contributed by atoms with E-state index < -0.39 is 10.0 Å². The number of pyridine rings is 1. The number of hydrogen-bond acceptors (Lipinski definition) is 4. The number of aliphatic hydroxyl groups excluding tert-OH is 1. The van der Waals surface area contributed by atoms with E-state index in [0.717, 1.165) is 12.8 Å². The van der Waals surface area contributed by atoms with Crippen LogP contribution in [-0.4, -0.2) is 42.0 Å². The Bertz CT molecular complexity index is 575. The van der Waals surface area contributed by atoms with Crippen molar-refractivity contribution in [2.24, 2.45) is 11.8 Å². The number of aliphatic hydroxyl groups is 1. The summed E-state index contributed by atoms with van der Waals surface area (Å²) >= 11 is 5.67. The van der Waals surface area contributed by atoms with Gasteiger partial charge in [0.1, 0.15) is 10.0 Å². The molecule has 0 bridgehead atoms. The maximum Gasteiger partial charge on any atom is 0.244 e. The largest absolute Gasteiger partial charge is 0.393 e. The lowest BCUT2D eigenvalue weighted by Crippen LogP contribution is -2.31. The van der Waals surface area contributed by atoms with Gasteiger partial charge in [-0.15, -0.1) is 0 Å². The summed E-state index contributed by atoms with van der Waals surface area (Å²) in [5.41, 5.74) is 0. The molecule has 1 N–H and O–H groups in total. The van der Waals surface area contributed by atoms with E-state index in [4.69, 9.17) is 11.6 Å². The number of hydrogen-bond donors (Lipinski definition) is 1. The molecule has 3 atom stereocenters. The molecule has 3 rings (SSSR count). The molecule has 0 aromatic carbocycles. The average Bonchev–Trinajstić information content (AvgIpc) is 2.93. The van der Waals surface area contributed by atoms with Crippen LogP contribution in [0.4, 0.5) is 0 Å². The molecule has 1 aromatic rings. The Morgan fingerprint density at radius 2 is 2.11 bits per heavy atom. The molecule has 1 aliphatic heterocycles. The van der Waals surface area contributed by atoms with Gasteiger partial charge in [-0.2, -0.15) is 4.31 Å². The molecule has 1 aromatic heterocycles. The zero-order valence-electron chi connectivity index (χ0n) is 10.2. The number of rotatable bonds is 2. The highest BCUT2D eigenvalue weighted by molar-refractivity contribution is 7.89. The minimum Gasteiger partial charge on any atom is -0.393 e. The van der Waals surface area contributed by atoms with E-state index in [1.165, 1.54) is 22.6 Å². The van der Waals surface area contributed by atoms with Crippen LogP contribution in [0.2, 0.25) is 5.15 Å². The Morgan fingerprint density at radius 3 is 2.74 bits per heavy atom. The molecule has 104 valence electrons. The molecular formula is C12H15ClN2O3S. The van der Waals surface area contributed by atoms with E-state index in [2.05, 4.69) is 4.98 Å². The monoisotopic (exact) mass is 302 g/mol. The Balaban J connectivity index is 1.84. The third-order valence-electron chi connectivity index (χ3n) is 4.12. The summed E-state index contributed by atoms with van der Waals surface area (Å²) < 4.78 is 26.3. The SMILES string of the molecule is O=S(=O)(c1ccc(Cl)nc1)N1CC2CCC(O)C2C1. The summed E-state index contributed by atoms with van der Waals surface area (Å²) in [4.78, 5) is 3.97. The molecule has 7 heteroatoms. The molecule has 2 aliphatic rings. The summed E-state index contributed by atoms with van der Waals surface area (Å²) in [6.45, 7) is 0.892. The van der Waals surface area contributed by atoms with E-state index in [1.54, 1.807) is 0 Å². The third kappa shape index (κ3) is 2.27. The van der Waals surface area contributed by atoms with E-state index in [0.29, 0.717) is 13.1 Å². The Labute approximate surface area is 117 Å². The summed E-state index contributed by atoms with van der Waals surface area (Å²) in [6.07, 6.45) is 2.60. The predicted octanol–water partition coefficient (Wildman–Crippen LogP) is 1.13. The standard InChI is InChI=1S/C12H15ClN2O3S/c13-12-4-2-9(5-14-12)19(17,18)15-6-8-1-3-11(16)10(8)7-15/h2,4-5,8,10-11,16H,1,3,6-7H2. The van der Waals surface area contributed by atoms with Crippen LogP contribution < -0.4 is 0 Å². The van der Waals surface area contributed by atoms with Crippen molar-refractivity contribution in [3.63, 3.8) is 0 Å². The fourth-order valence-electron chi connectivity index (χ4n) is 3.06. The summed E-state index contributed by atoms with van der Waals surface area (Å²) in [6, 6.07) is 2.94. The minimum atomic E-state index is -3.52. The second-order valence-corrected chi connectivity index (χ2v) is 7.53. The Morgan fingerprint density at radius 1 is 1.32 bits per heavy atom. The maximum atomic E-state index is 12.4. The van der Waals surface area contributed by atoms with Crippen molar-refractivity contribution >= 4 is 21.6 Å². The molecule has 0 spiro atoms. The summed E-state index contributed by atoms with van der Waals surface area (Å²) in [7, 11) is -3.52. The van der Waals surface area contributed by atoms with Gasteiger partial charge in [0.2, 0.25) is 10.0 Å².